The maximum absolute atomic E-state index is 10.9. The molecule has 0 saturated carbocycles. The lowest BCUT2D eigenvalue weighted by molar-refractivity contribution is -0.291. The van der Waals surface area contributed by atoms with Crippen molar-refractivity contribution in [3.8, 4) is 5.95 Å². The van der Waals surface area contributed by atoms with Gasteiger partial charge in [-0.1, -0.05) is 12.1 Å². The number of diazo groups is 1. The van der Waals surface area contributed by atoms with Gasteiger partial charge >= 0.3 is 5.69 Å². The molecule has 0 unspecified atom stereocenters. The third-order valence-electron chi connectivity index (χ3n) is 1.64. The maximum atomic E-state index is 10.9. The molecule has 0 radical (unpaired) electrons. The van der Waals surface area contributed by atoms with Gasteiger partial charge in [-0.15, -0.1) is 0 Å². The molecule has 0 atom stereocenters. The van der Waals surface area contributed by atoms with Crippen molar-refractivity contribution in [1.29, 1.82) is 5.39 Å². The predicted molar refractivity (Wildman–Crippen MR) is 40.4 cm³/mol. The highest BCUT2D eigenvalue weighted by Crippen LogP contribution is 2.35. The van der Waals surface area contributed by atoms with Gasteiger partial charge in [0.15, 0.2) is 10.9 Å². The van der Waals surface area contributed by atoms with E-state index in [9.17, 15) is 5.11 Å². The van der Waals surface area contributed by atoms with Crippen molar-refractivity contribution in [3.05, 3.63) is 29.2 Å². The first-order valence-corrected chi connectivity index (χ1v) is 3.36. The lowest BCUT2D eigenvalue weighted by atomic mass is 10.2. The molecule has 2 rings (SSSR count). The largest absolute Gasteiger partial charge is 0.573 e. The first-order valence-electron chi connectivity index (χ1n) is 3.36. The van der Waals surface area contributed by atoms with Gasteiger partial charge in [0.1, 0.15) is 0 Å². The molecule has 1 aromatic heterocycles. The Morgan fingerprint density at radius 2 is 2.08 bits per heavy atom. The zero-order valence-corrected chi connectivity index (χ0v) is 6.02. The number of furan rings is 1. The van der Waals surface area contributed by atoms with Crippen LogP contribution in [0.1, 0.15) is 0 Å². The van der Waals surface area contributed by atoms with Crippen LogP contribution in [0.3, 0.4) is 0 Å². The van der Waals surface area contributed by atoms with E-state index in [1.165, 1.54) is 0 Å². The van der Waals surface area contributed by atoms with Crippen LogP contribution in [0.4, 0.5) is 5.69 Å². The van der Waals surface area contributed by atoms with Gasteiger partial charge in [0.25, 0.3) is 0 Å². The fraction of sp³-hybridized carbons (Fsp3) is 0. The van der Waals surface area contributed by atoms with Gasteiger partial charge in [0.05, 0.1) is 5.39 Å². The lowest BCUT2D eigenvalue weighted by Crippen LogP contribution is -1.83. The fourth-order valence-corrected chi connectivity index (χ4v) is 1.10. The zero-order valence-electron chi connectivity index (χ0n) is 6.02. The van der Waals surface area contributed by atoms with E-state index in [2.05, 4.69) is 4.98 Å². The van der Waals surface area contributed by atoms with Crippen molar-refractivity contribution in [2.45, 2.75) is 0 Å². The van der Waals surface area contributed by atoms with Crippen LogP contribution in [-0.2, 0) is 0 Å². The number of rotatable bonds is 0. The Morgan fingerprint density at radius 1 is 1.33 bits per heavy atom. The minimum Gasteiger partial charge on any atom is -0.573 e. The molecule has 0 amide bonds. The number of hydrogen-bond donors (Lipinski definition) is 0. The van der Waals surface area contributed by atoms with Gasteiger partial charge in [-0.05, 0) is 12.1 Å². The molecule has 0 aliphatic carbocycles. The summed E-state index contributed by atoms with van der Waals surface area (Å²) in [6, 6.07) is 6.79. The van der Waals surface area contributed by atoms with Crippen LogP contribution >= 0.6 is 0 Å². The molecule has 0 bridgehead atoms. The van der Waals surface area contributed by atoms with E-state index >= 15 is 0 Å². The van der Waals surface area contributed by atoms with Crippen LogP contribution in [-0.4, -0.2) is 0 Å². The molecule has 1 heterocycles. The molecule has 0 aliphatic rings. The summed E-state index contributed by atoms with van der Waals surface area (Å²) in [5.41, 5.74) is 0.404. The van der Waals surface area contributed by atoms with Crippen molar-refractivity contribution >= 4 is 16.7 Å². The van der Waals surface area contributed by atoms with Crippen LogP contribution in [0, 0.1) is 5.39 Å². The topological polar surface area (TPSA) is 64.3 Å². The van der Waals surface area contributed by atoms with Gasteiger partial charge in [0, 0.05) is 5.58 Å². The van der Waals surface area contributed by atoms with E-state index < -0.39 is 5.95 Å². The summed E-state index contributed by atoms with van der Waals surface area (Å²) in [7, 11) is 0. The molecule has 12 heavy (non-hydrogen) atoms. The third kappa shape index (κ3) is 0.736. The summed E-state index contributed by atoms with van der Waals surface area (Å²) in [4.78, 5) is 2.85. The van der Waals surface area contributed by atoms with Crippen LogP contribution < -0.4 is 5.11 Å². The molecule has 4 heteroatoms. The normalized spacial score (nSPS) is 9.92. The molecule has 58 valence electrons. The smallest absolute Gasteiger partial charge is 0.415 e. The van der Waals surface area contributed by atoms with Gasteiger partial charge in [-0.2, -0.15) is 0 Å². The second kappa shape index (κ2) is 2.24. The molecular formula is C8H4N2O2. The summed E-state index contributed by atoms with van der Waals surface area (Å²) in [6.07, 6.45) is 0. The Morgan fingerprint density at radius 3 is 2.83 bits per heavy atom. The second-order valence-corrected chi connectivity index (χ2v) is 2.33. The van der Waals surface area contributed by atoms with Gasteiger partial charge < -0.3 is 9.52 Å². The van der Waals surface area contributed by atoms with Crippen LogP contribution in [0.2, 0.25) is 0 Å². The van der Waals surface area contributed by atoms with E-state index in [4.69, 9.17) is 9.81 Å². The van der Waals surface area contributed by atoms with Crippen LogP contribution in [0.25, 0.3) is 15.9 Å². The Balaban J connectivity index is 2.93. The molecule has 0 fully saturated rings. The molecule has 0 aliphatic heterocycles. The third-order valence-corrected chi connectivity index (χ3v) is 1.64. The predicted octanol–water partition coefficient (Wildman–Crippen LogP) is 1.99. The first kappa shape index (κ1) is 6.68. The van der Waals surface area contributed by atoms with E-state index in [0.29, 0.717) is 11.0 Å². The lowest BCUT2D eigenvalue weighted by Gasteiger charge is -1.87. The molecule has 0 N–H and O–H groups in total. The number of hydrogen-bond acceptors (Lipinski definition) is 3. The Hall–Kier alpha value is -2.02. The SMILES string of the molecule is N#[N+]c1c([O-])oc2ccccc12. The van der Waals surface area contributed by atoms with Crippen LogP contribution in [0.15, 0.2) is 28.7 Å². The van der Waals surface area contributed by atoms with E-state index in [0.717, 1.165) is 0 Å². The monoisotopic (exact) mass is 160 g/mol. The van der Waals surface area contributed by atoms with Crippen molar-refractivity contribution in [3.63, 3.8) is 0 Å². The number of para-hydroxylation sites is 1. The number of nitrogens with zero attached hydrogens (tertiary/aromatic N) is 2. The second-order valence-electron chi connectivity index (χ2n) is 2.33. The minimum absolute atomic E-state index is 0.0365. The van der Waals surface area contributed by atoms with Crippen molar-refractivity contribution in [2.75, 3.05) is 0 Å². The molecule has 0 spiro atoms. The summed E-state index contributed by atoms with van der Waals surface area (Å²) >= 11 is 0. The maximum Gasteiger partial charge on any atom is 0.415 e. The highest BCUT2D eigenvalue weighted by atomic mass is 16.5. The average molecular weight is 160 g/mol. The van der Waals surface area contributed by atoms with Gasteiger partial charge in [-0.25, -0.2) is 0 Å². The Bertz CT molecular complexity index is 467. The summed E-state index contributed by atoms with van der Waals surface area (Å²) in [5, 5.41) is 20.0. The molecule has 0 saturated heterocycles. The molecular weight excluding hydrogens is 156 g/mol. The van der Waals surface area contributed by atoms with E-state index in [-0.39, 0.29) is 5.69 Å². The van der Waals surface area contributed by atoms with Crippen LogP contribution in [0.5, 0.6) is 5.95 Å². The summed E-state index contributed by atoms with van der Waals surface area (Å²) in [6.45, 7) is 0. The highest BCUT2D eigenvalue weighted by Gasteiger charge is 2.15. The standard InChI is InChI=1S/C8H4N2O2/c9-10-7-5-3-1-2-4-6(5)12-8(7)11/h1-4H. The van der Waals surface area contributed by atoms with Crippen molar-refractivity contribution in [1.82, 2.24) is 0 Å². The zero-order chi connectivity index (χ0) is 8.55. The Labute approximate surface area is 67.7 Å². The summed E-state index contributed by atoms with van der Waals surface area (Å²) in [5.74, 6) is -0.612. The Kier molecular flexibility index (Phi) is 1.25. The first-order chi connectivity index (χ1) is 5.83. The van der Waals surface area contributed by atoms with Gasteiger partial charge in [-0.3, -0.25) is 0 Å². The average Bonchev–Trinajstić information content (AvgIpc) is 2.40. The van der Waals surface area contributed by atoms with Gasteiger partial charge in [0.2, 0.25) is 5.39 Å². The van der Waals surface area contributed by atoms with E-state index in [1.54, 1.807) is 24.3 Å². The highest BCUT2D eigenvalue weighted by molar-refractivity contribution is 5.93. The number of fused-ring (bicyclic) bond motifs is 1. The van der Waals surface area contributed by atoms with Crippen molar-refractivity contribution < 1.29 is 9.52 Å². The molecule has 1 aromatic carbocycles. The quantitative estimate of drug-likeness (QED) is 0.553. The minimum atomic E-state index is -0.612. The molecule has 4 nitrogen and oxygen atoms in total. The number of benzene rings is 1. The fourth-order valence-electron chi connectivity index (χ4n) is 1.10. The summed E-state index contributed by atoms with van der Waals surface area (Å²) < 4.78 is 4.78. The molecule has 2 aromatic rings. The van der Waals surface area contributed by atoms with Crippen molar-refractivity contribution in [2.24, 2.45) is 0 Å². The van der Waals surface area contributed by atoms with E-state index in [1.807, 2.05) is 0 Å².